The van der Waals surface area contributed by atoms with E-state index < -0.39 is 0 Å². The van der Waals surface area contributed by atoms with Crippen molar-refractivity contribution in [3.05, 3.63) is 164 Å². The molecular weight excluding hydrogens is 655 g/mol. The minimum Gasteiger partial charge on any atom is -0.456 e. The summed E-state index contributed by atoms with van der Waals surface area (Å²) in [4.78, 5) is 15.3. The van der Waals surface area contributed by atoms with Crippen molar-refractivity contribution in [3.63, 3.8) is 0 Å². The van der Waals surface area contributed by atoms with Gasteiger partial charge in [0, 0.05) is 47.6 Å². The molecule has 0 saturated carbocycles. The van der Waals surface area contributed by atoms with Crippen molar-refractivity contribution in [2.24, 2.45) is 0 Å². The molecule has 0 saturated heterocycles. The van der Waals surface area contributed by atoms with E-state index in [0.717, 1.165) is 49.6 Å². The number of benzene rings is 8. The number of thiophene rings is 1. The largest absolute Gasteiger partial charge is 0.456 e. The molecule has 0 fully saturated rings. The van der Waals surface area contributed by atoms with Gasteiger partial charge >= 0.3 is 0 Å². The van der Waals surface area contributed by atoms with Gasteiger partial charge in [-0.2, -0.15) is 0 Å². The highest BCUT2D eigenvalue weighted by Crippen LogP contribution is 2.41. The number of hydrogen-bond donors (Lipinski definition) is 0. The zero-order chi connectivity index (χ0) is 34.2. The molecule has 0 unspecified atom stereocenters. The summed E-state index contributed by atoms with van der Waals surface area (Å²) < 4.78 is 9.06. The molecule has 3 aromatic heterocycles. The van der Waals surface area contributed by atoms with Gasteiger partial charge in [0.25, 0.3) is 0 Å². The third-order valence-corrected chi connectivity index (χ3v) is 11.3. The Balaban J connectivity index is 1.10. The van der Waals surface area contributed by atoms with E-state index in [9.17, 15) is 0 Å². The monoisotopic (exact) mass is 681 g/mol. The van der Waals surface area contributed by atoms with Crippen molar-refractivity contribution in [1.29, 1.82) is 0 Å². The van der Waals surface area contributed by atoms with E-state index in [0.29, 0.717) is 17.5 Å². The lowest BCUT2D eigenvalue weighted by Gasteiger charge is -2.10. The van der Waals surface area contributed by atoms with Gasteiger partial charge in [-0.05, 0) is 75.1 Å². The molecule has 3 heterocycles. The maximum atomic E-state index is 6.46. The molecule has 0 atom stereocenters. The molecule has 0 radical (unpaired) electrons. The minimum atomic E-state index is 0.604. The maximum absolute atomic E-state index is 6.46. The summed E-state index contributed by atoms with van der Waals surface area (Å²) in [5, 5.41) is 9.39. The van der Waals surface area contributed by atoms with Crippen LogP contribution in [0.3, 0.4) is 0 Å². The first-order valence-corrected chi connectivity index (χ1v) is 18.2. The van der Waals surface area contributed by atoms with Crippen molar-refractivity contribution in [1.82, 2.24) is 15.0 Å². The Morgan fingerprint density at radius 3 is 1.94 bits per heavy atom. The van der Waals surface area contributed by atoms with Gasteiger partial charge in [-0.15, -0.1) is 11.3 Å². The number of nitrogens with zero attached hydrogens (tertiary/aromatic N) is 3. The van der Waals surface area contributed by atoms with Crippen molar-refractivity contribution < 1.29 is 4.42 Å². The first-order chi connectivity index (χ1) is 25.7. The van der Waals surface area contributed by atoms with Crippen molar-refractivity contribution in [2.75, 3.05) is 0 Å². The maximum Gasteiger partial charge on any atom is 0.164 e. The van der Waals surface area contributed by atoms with Gasteiger partial charge in [0.2, 0.25) is 0 Å². The number of hydrogen-bond acceptors (Lipinski definition) is 5. The summed E-state index contributed by atoms with van der Waals surface area (Å²) in [6.07, 6.45) is 0. The highest BCUT2D eigenvalue weighted by Gasteiger charge is 2.19. The van der Waals surface area contributed by atoms with Gasteiger partial charge in [0.15, 0.2) is 17.5 Å². The van der Waals surface area contributed by atoms with Crippen LogP contribution in [0.4, 0.5) is 0 Å². The minimum absolute atomic E-state index is 0.604. The van der Waals surface area contributed by atoms with Gasteiger partial charge in [-0.3, -0.25) is 0 Å². The molecule has 0 aliphatic rings. The number of furan rings is 1. The van der Waals surface area contributed by atoms with Crippen LogP contribution in [0.2, 0.25) is 0 Å². The van der Waals surface area contributed by atoms with E-state index >= 15 is 0 Å². The first kappa shape index (κ1) is 29.1. The molecule has 0 bridgehead atoms. The van der Waals surface area contributed by atoms with Crippen molar-refractivity contribution in [3.8, 4) is 45.3 Å². The quantitative estimate of drug-likeness (QED) is 0.174. The number of rotatable bonds is 4. The summed E-state index contributed by atoms with van der Waals surface area (Å²) in [5.41, 5.74) is 6.70. The zero-order valence-electron chi connectivity index (χ0n) is 27.7. The van der Waals surface area contributed by atoms with Crippen LogP contribution in [0.1, 0.15) is 0 Å². The summed E-state index contributed by atoms with van der Waals surface area (Å²) in [6.45, 7) is 0. The summed E-state index contributed by atoms with van der Waals surface area (Å²) >= 11 is 1.84. The second-order valence-corrected chi connectivity index (χ2v) is 14.3. The molecule has 0 spiro atoms. The fourth-order valence-electron chi connectivity index (χ4n) is 7.59. The van der Waals surface area contributed by atoms with Gasteiger partial charge in [0.1, 0.15) is 11.2 Å². The Morgan fingerprint density at radius 1 is 0.365 bits per heavy atom. The Labute approximate surface area is 302 Å². The molecular formula is C47H27N3OS. The molecule has 5 heteroatoms. The van der Waals surface area contributed by atoms with Crippen LogP contribution in [-0.4, -0.2) is 15.0 Å². The highest BCUT2D eigenvalue weighted by molar-refractivity contribution is 7.25. The second-order valence-electron chi connectivity index (χ2n) is 13.2. The standard InChI is InChI=1S/C47H27N3OS/c1-2-10-29(11-3-1)45-48-46(33-19-22-35-32(25-33)18-17-28-9-4-5-12-34(28)35)50-47(49-45)37-14-8-15-41-44(37)39-27-30(20-23-40(39)51-41)31-21-24-43-38(26-31)36-13-6-7-16-42(36)52-43/h1-27H. The summed E-state index contributed by atoms with van der Waals surface area (Å²) in [5.74, 6) is 1.86. The van der Waals surface area contributed by atoms with Gasteiger partial charge in [0.05, 0.1) is 0 Å². The molecule has 52 heavy (non-hydrogen) atoms. The Bertz CT molecular complexity index is 3200. The van der Waals surface area contributed by atoms with E-state index in [-0.39, 0.29) is 0 Å². The molecule has 0 N–H and O–H groups in total. The van der Waals surface area contributed by atoms with Gasteiger partial charge in [-0.1, -0.05) is 121 Å². The Hall–Kier alpha value is -6.69. The zero-order valence-corrected chi connectivity index (χ0v) is 28.6. The lowest BCUT2D eigenvalue weighted by atomic mass is 9.99. The van der Waals surface area contributed by atoms with Crippen LogP contribution in [0.5, 0.6) is 0 Å². The molecule has 8 aromatic carbocycles. The normalized spacial score (nSPS) is 11.8. The second kappa shape index (κ2) is 11.4. The SMILES string of the molecule is c1ccc(-c2nc(-c3ccc4c(ccc5ccccc54)c3)nc(-c3cccc4oc5ccc(-c6ccc7sc8ccccc8c7c6)cc5c34)n2)cc1. The molecule has 11 aromatic rings. The number of aromatic nitrogens is 3. The third-order valence-electron chi connectivity index (χ3n) is 10.1. The Kier molecular flexibility index (Phi) is 6.39. The average Bonchev–Trinajstić information content (AvgIpc) is 3.78. The van der Waals surface area contributed by atoms with E-state index in [4.69, 9.17) is 19.4 Å². The van der Waals surface area contributed by atoms with Gasteiger partial charge in [-0.25, -0.2) is 15.0 Å². The molecule has 242 valence electrons. The summed E-state index contributed by atoms with van der Waals surface area (Å²) in [7, 11) is 0. The molecule has 11 rings (SSSR count). The smallest absolute Gasteiger partial charge is 0.164 e. The van der Waals surface area contributed by atoms with E-state index in [1.807, 2.05) is 53.8 Å². The predicted octanol–water partition coefficient (Wildman–Crippen LogP) is 13.1. The molecule has 0 aliphatic carbocycles. The fraction of sp³-hybridized carbons (Fsp3) is 0. The lowest BCUT2D eigenvalue weighted by Crippen LogP contribution is -2.00. The van der Waals surface area contributed by atoms with Crippen molar-refractivity contribution in [2.45, 2.75) is 0 Å². The topological polar surface area (TPSA) is 51.8 Å². The van der Waals surface area contributed by atoms with Crippen LogP contribution in [0.25, 0.3) is 109 Å². The molecule has 0 aliphatic heterocycles. The van der Waals surface area contributed by atoms with Crippen LogP contribution < -0.4 is 0 Å². The Morgan fingerprint density at radius 2 is 1.04 bits per heavy atom. The van der Waals surface area contributed by atoms with Crippen LogP contribution >= 0.6 is 11.3 Å². The third kappa shape index (κ3) is 4.64. The van der Waals surface area contributed by atoms with Gasteiger partial charge < -0.3 is 4.42 Å². The summed E-state index contributed by atoms with van der Waals surface area (Å²) in [6, 6.07) is 57.5. The van der Waals surface area contributed by atoms with E-state index in [1.165, 1.54) is 41.9 Å². The fourth-order valence-corrected chi connectivity index (χ4v) is 8.68. The predicted molar refractivity (Wildman–Crippen MR) is 217 cm³/mol. The van der Waals surface area contributed by atoms with Crippen LogP contribution in [0.15, 0.2) is 168 Å². The van der Waals surface area contributed by atoms with Crippen LogP contribution in [0, 0.1) is 0 Å². The highest BCUT2D eigenvalue weighted by atomic mass is 32.1. The average molecular weight is 682 g/mol. The van der Waals surface area contributed by atoms with E-state index in [2.05, 4.69) is 121 Å². The molecule has 0 amide bonds. The van der Waals surface area contributed by atoms with Crippen molar-refractivity contribution >= 4 is 75.0 Å². The molecule has 4 nitrogen and oxygen atoms in total. The first-order valence-electron chi connectivity index (χ1n) is 17.3. The van der Waals surface area contributed by atoms with E-state index in [1.54, 1.807) is 0 Å². The number of fused-ring (bicyclic) bond motifs is 9. The van der Waals surface area contributed by atoms with Crippen LogP contribution in [-0.2, 0) is 0 Å². The lowest BCUT2D eigenvalue weighted by molar-refractivity contribution is 0.669.